The predicted octanol–water partition coefficient (Wildman–Crippen LogP) is 3.12. The van der Waals surface area contributed by atoms with Crippen LogP contribution in [0.3, 0.4) is 0 Å². The van der Waals surface area contributed by atoms with Gasteiger partial charge in [-0.1, -0.05) is 18.2 Å². The van der Waals surface area contributed by atoms with Gasteiger partial charge in [0.15, 0.2) is 0 Å². The van der Waals surface area contributed by atoms with Gasteiger partial charge in [0.2, 0.25) is 0 Å². The fourth-order valence-corrected chi connectivity index (χ4v) is 3.21. The third kappa shape index (κ3) is 3.51. The lowest BCUT2D eigenvalue weighted by Crippen LogP contribution is -2.39. The second-order valence-electron chi connectivity index (χ2n) is 6.24. The first-order valence-electron chi connectivity index (χ1n) is 8.68. The topological polar surface area (TPSA) is 47.4 Å². The average Bonchev–Trinajstić information content (AvgIpc) is 3.06. The summed E-state index contributed by atoms with van der Waals surface area (Å²) in [7, 11) is 1.94. The standard InChI is InChI=1S/C19H25N3O2/c1-3-22(14-15-8-6-7-13-24-15)19(23)17-10-5-4-9-16(17)18-20-11-12-21(18)2/h4-5,9-12,15H,3,6-8,13-14H2,1-2H3. The summed E-state index contributed by atoms with van der Waals surface area (Å²) in [5.74, 6) is 0.856. The molecule has 0 spiro atoms. The van der Waals surface area contributed by atoms with Gasteiger partial charge in [-0.3, -0.25) is 4.79 Å². The third-order valence-corrected chi connectivity index (χ3v) is 4.59. The zero-order valence-corrected chi connectivity index (χ0v) is 14.4. The maximum absolute atomic E-state index is 13.1. The SMILES string of the molecule is CCN(CC1CCCCO1)C(=O)c1ccccc1-c1nccn1C. The van der Waals surface area contributed by atoms with E-state index in [1.54, 1.807) is 6.20 Å². The largest absolute Gasteiger partial charge is 0.376 e. The lowest BCUT2D eigenvalue weighted by atomic mass is 10.0. The first-order valence-corrected chi connectivity index (χ1v) is 8.68. The Bertz CT molecular complexity index is 689. The van der Waals surface area contributed by atoms with E-state index < -0.39 is 0 Å². The maximum Gasteiger partial charge on any atom is 0.254 e. The van der Waals surface area contributed by atoms with Gasteiger partial charge in [-0.2, -0.15) is 0 Å². The number of benzene rings is 1. The fourth-order valence-electron chi connectivity index (χ4n) is 3.21. The summed E-state index contributed by atoms with van der Waals surface area (Å²) in [6.45, 7) is 4.15. The fraction of sp³-hybridized carbons (Fsp3) is 0.474. The van der Waals surface area contributed by atoms with Crippen LogP contribution in [0.4, 0.5) is 0 Å². The molecule has 128 valence electrons. The number of aromatic nitrogens is 2. The summed E-state index contributed by atoms with van der Waals surface area (Å²) in [6.07, 6.45) is 7.14. The van der Waals surface area contributed by atoms with Crippen LogP contribution in [0.15, 0.2) is 36.7 Å². The quantitative estimate of drug-likeness (QED) is 0.848. The van der Waals surface area contributed by atoms with E-state index >= 15 is 0 Å². The Morgan fingerprint density at radius 3 is 2.88 bits per heavy atom. The van der Waals surface area contributed by atoms with Gasteiger partial charge < -0.3 is 14.2 Å². The van der Waals surface area contributed by atoms with Crippen LogP contribution in [0.5, 0.6) is 0 Å². The average molecular weight is 327 g/mol. The molecule has 0 saturated carbocycles. The van der Waals surface area contributed by atoms with Gasteiger partial charge in [-0.25, -0.2) is 4.98 Å². The van der Waals surface area contributed by atoms with Crippen LogP contribution < -0.4 is 0 Å². The van der Waals surface area contributed by atoms with Crippen molar-refractivity contribution < 1.29 is 9.53 Å². The molecule has 1 aliphatic heterocycles. The van der Waals surface area contributed by atoms with E-state index in [0.29, 0.717) is 18.7 Å². The molecular weight excluding hydrogens is 302 g/mol. The molecule has 0 aliphatic carbocycles. The van der Waals surface area contributed by atoms with Gasteiger partial charge in [0.25, 0.3) is 5.91 Å². The van der Waals surface area contributed by atoms with Crippen molar-refractivity contribution in [3.63, 3.8) is 0 Å². The first-order chi connectivity index (χ1) is 11.7. The highest BCUT2D eigenvalue weighted by Crippen LogP contribution is 2.23. The van der Waals surface area contributed by atoms with Crippen molar-refractivity contribution in [1.82, 2.24) is 14.5 Å². The number of carbonyl (C=O) groups excluding carboxylic acids is 1. The number of imidazole rings is 1. The first kappa shape index (κ1) is 16.7. The van der Waals surface area contributed by atoms with Crippen LogP contribution in [0.25, 0.3) is 11.4 Å². The summed E-state index contributed by atoms with van der Waals surface area (Å²) in [6, 6.07) is 7.70. The summed E-state index contributed by atoms with van der Waals surface area (Å²) in [5.41, 5.74) is 1.57. The normalized spacial score (nSPS) is 17.7. The lowest BCUT2D eigenvalue weighted by Gasteiger charge is -2.29. The van der Waals surface area contributed by atoms with Crippen LogP contribution >= 0.6 is 0 Å². The molecule has 1 amide bonds. The van der Waals surface area contributed by atoms with E-state index in [-0.39, 0.29) is 12.0 Å². The van der Waals surface area contributed by atoms with Gasteiger partial charge in [0, 0.05) is 44.7 Å². The third-order valence-electron chi connectivity index (χ3n) is 4.59. The Hall–Kier alpha value is -2.14. The molecule has 1 aromatic carbocycles. The number of carbonyl (C=O) groups is 1. The summed E-state index contributed by atoms with van der Waals surface area (Å²) >= 11 is 0. The second-order valence-corrected chi connectivity index (χ2v) is 6.24. The smallest absolute Gasteiger partial charge is 0.254 e. The van der Waals surface area contributed by atoms with Crippen molar-refractivity contribution in [2.24, 2.45) is 7.05 Å². The van der Waals surface area contributed by atoms with Crippen molar-refractivity contribution in [2.75, 3.05) is 19.7 Å². The molecule has 1 atom stereocenters. The molecule has 3 rings (SSSR count). The van der Waals surface area contributed by atoms with E-state index in [4.69, 9.17) is 4.74 Å². The molecule has 2 aromatic rings. The summed E-state index contributed by atoms with van der Waals surface area (Å²) in [4.78, 5) is 19.4. The zero-order valence-electron chi connectivity index (χ0n) is 14.4. The number of likely N-dealkylation sites (N-methyl/N-ethyl adjacent to an activating group) is 1. The van der Waals surface area contributed by atoms with Gasteiger partial charge in [0.1, 0.15) is 5.82 Å². The molecular formula is C19H25N3O2. The molecule has 24 heavy (non-hydrogen) atoms. The molecule has 5 nitrogen and oxygen atoms in total. The van der Waals surface area contributed by atoms with Crippen LogP contribution in [0, 0.1) is 0 Å². The van der Waals surface area contributed by atoms with Crippen molar-refractivity contribution in [3.8, 4) is 11.4 Å². The Morgan fingerprint density at radius 2 is 2.21 bits per heavy atom. The molecule has 2 heterocycles. The van der Waals surface area contributed by atoms with Crippen LogP contribution in [-0.4, -0.2) is 46.2 Å². The van der Waals surface area contributed by atoms with Crippen molar-refractivity contribution >= 4 is 5.91 Å². The Balaban J connectivity index is 1.84. The summed E-state index contributed by atoms with van der Waals surface area (Å²) in [5, 5.41) is 0. The number of hydrogen-bond donors (Lipinski definition) is 0. The molecule has 5 heteroatoms. The van der Waals surface area contributed by atoms with Crippen LogP contribution in [-0.2, 0) is 11.8 Å². The molecule has 0 radical (unpaired) electrons. The molecule has 1 fully saturated rings. The molecule has 0 bridgehead atoms. The second kappa shape index (κ2) is 7.62. The van der Waals surface area contributed by atoms with Crippen LogP contribution in [0.1, 0.15) is 36.5 Å². The van der Waals surface area contributed by atoms with Crippen molar-refractivity contribution in [3.05, 3.63) is 42.2 Å². The Morgan fingerprint density at radius 1 is 1.38 bits per heavy atom. The van der Waals surface area contributed by atoms with Crippen molar-refractivity contribution in [2.45, 2.75) is 32.3 Å². The van der Waals surface area contributed by atoms with Gasteiger partial charge in [0.05, 0.1) is 11.7 Å². The van der Waals surface area contributed by atoms with E-state index in [9.17, 15) is 4.79 Å². The van der Waals surface area contributed by atoms with E-state index in [1.807, 2.05) is 53.9 Å². The molecule has 1 aromatic heterocycles. The van der Waals surface area contributed by atoms with Gasteiger partial charge in [-0.15, -0.1) is 0 Å². The van der Waals surface area contributed by atoms with E-state index in [1.165, 1.54) is 6.42 Å². The minimum absolute atomic E-state index is 0.0465. The number of amides is 1. The van der Waals surface area contributed by atoms with Gasteiger partial charge in [-0.05, 0) is 32.3 Å². The number of hydrogen-bond acceptors (Lipinski definition) is 3. The summed E-state index contributed by atoms with van der Waals surface area (Å²) < 4.78 is 7.74. The minimum atomic E-state index is 0.0465. The zero-order chi connectivity index (χ0) is 16.9. The Kier molecular flexibility index (Phi) is 5.30. The molecule has 0 N–H and O–H groups in total. The Labute approximate surface area is 143 Å². The highest BCUT2D eigenvalue weighted by atomic mass is 16.5. The van der Waals surface area contributed by atoms with Gasteiger partial charge >= 0.3 is 0 Å². The minimum Gasteiger partial charge on any atom is -0.376 e. The molecule has 1 saturated heterocycles. The van der Waals surface area contributed by atoms with Crippen molar-refractivity contribution in [1.29, 1.82) is 0 Å². The van der Waals surface area contributed by atoms with Crippen LogP contribution in [0.2, 0.25) is 0 Å². The lowest BCUT2D eigenvalue weighted by molar-refractivity contribution is -0.00310. The monoisotopic (exact) mass is 327 g/mol. The molecule has 1 unspecified atom stereocenters. The molecule has 1 aliphatic rings. The predicted molar refractivity (Wildman–Crippen MR) is 93.8 cm³/mol. The number of nitrogens with zero attached hydrogens (tertiary/aromatic N) is 3. The van der Waals surface area contributed by atoms with E-state index in [2.05, 4.69) is 4.98 Å². The highest BCUT2D eigenvalue weighted by molar-refractivity contribution is 6.00. The number of aryl methyl sites for hydroxylation is 1. The highest BCUT2D eigenvalue weighted by Gasteiger charge is 2.24. The number of rotatable bonds is 5. The van der Waals surface area contributed by atoms with E-state index in [0.717, 1.165) is 30.8 Å². The maximum atomic E-state index is 13.1. The number of ether oxygens (including phenoxy) is 1.